The maximum absolute atomic E-state index is 11.2. The summed E-state index contributed by atoms with van der Waals surface area (Å²) in [5, 5.41) is 0.902. The highest BCUT2D eigenvalue weighted by Gasteiger charge is 2.23. The molecule has 0 spiro atoms. The van der Waals surface area contributed by atoms with Crippen LogP contribution in [0.3, 0.4) is 0 Å². The van der Waals surface area contributed by atoms with Crippen molar-refractivity contribution in [2.45, 2.75) is 12.8 Å². The lowest BCUT2D eigenvalue weighted by atomic mass is 9.99. The van der Waals surface area contributed by atoms with Gasteiger partial charge in [-0.2, -0.15) is 0 Å². The van der Waals surface area contributed by atoms with Gasteiger partial charge in [-0.25, -0.2) is 0 Å². The van der Waals surface area contributed by atoms with Gasteiger partial charge >= 0.3 is 0 Å². The van der Waals surface area contributed by atoms with Crippen molar-refractivity contribution >= 4 is 21.7 Å². The zero-order valence-electron chi connectivity index (χ0n) is 6.22. The van der Waals surface area contributed by atoms with E-state index in [0.29, 0.717) is 6.42 Å². The third kappa shape index (κ3) is 2.94. The first-order valence-corrected chi connectivity index (χ1v) is 4.77. The van der Waals surface area contributed by atoms with Crippen LogP contribution in [0.5, 0.6) is 0 Å². The zero-order chi connectivity index (χ0) is 8.10. The number of hydrogen-bond donors (Lipinski definition) is 0. The number of Topliss-reactive ketones (excluding diaryl/α,β-unsaturated/α-hetero) is 1. The highest BCUT2D eigenvalue weighted by atomic mass is 79.9. The molecular formula is C9H10BrO. The second-order valence-electron chi connectivity index (χ2n) is 2.39. The van der Waals surface area contributed by atoms with Gasteiger partial charge in [-0.15, -0.1) is 0 Å². The lowest BCUT2D eigenvalue weighted by Gasteiger charge is -2.03. The van der Waals surface area contributed by atoms with E-state index in [1.165, 1.54) is 0 Å². The second-order valence-corrected chi connectivity index (χ2v) is 3.18. The van der Waals surface area contributed by atoms with Gasteiger partial charge in [0, 0.05) is 17.7 Å². The lowest BCUT2D eigenvalue weighted by molar-refractivity contribution is -0.116. The molecule has 0 aliphatic heterocycles. The van der Waals surface area contributed by atoms with Gasteiger partial charge in [0.15, 0.2) is 0 Å². The average molecular weight is 214 g/mol. The summed E-state index contributed by atoms with van der Waals surface area (Å²) in [5.41, 5.74) is 0. The summed E-state index contributed by atoms with van der Waals surface area (Å²) < 4.78 is 0. The first-order chi connectivity index (χ1) is 5.34. The SMILES string of the molecule is O=C(CCCBr)[C]1[CH][CH][CH][CH]1. The Morgan fingerprint density at radius 1 is 1.36 bits per heavy atom. The van der Waals surface area contributed by atoms with Gasteiger partial charge in [-0.1, -0.05) is 15.9 Å². The summed E-state index contributed by atoms with van der Waals surface area (Å²) in [6.07, 6.45) is 9.06. The molecule has 0 aromatic heterocycles. The minimum atomic E-state index is 0.245. The van der Waals surface area contributed by atoms with E-state index in [9.17, 15) is 4.79 Å². The molecule has 5 radical (unpaired) electrons. The van der Waals surface area contributed by atoms with Gasteiger partial charge in [0.1, 0.15) is 5.78 Å². The number of rotatable bonds is 4. The highest BCUT2D eigenvalue weighted by molar-refractivity contribution is 9.09. The lowest BCUT2D eigenvalue weighted by Crippen LogP contribution is -2.08. The number of hydrogen-bond acceptors (Lipinski definition) is 1. The molecule has 0 atom stereocenters. The third-order valence-electron chi connectivity index (χ3n) is 1.52. The Morgan fingerprint density at radius 3 is 2.55 bits per heavy atom. The van der Waals surface area contributed by atoms with E-state index in [-0.39, 0.29) is 5.78 Å². The van der Waals surface area contributed by atoms with Gasteiger partial charge in [0.2, 0.25) is 0 Å². The van der Waals surface area contributed by atoms with Crippen molar-refractivity contribution in [1.29, 1.82) is 0 Å². The minimum absolute atomic E-state index is 0.245. The molecule has 0 unspecified atom stereocenters. The number of halogens is 1. The van der Waals surface area contributed by atoms with Crippen LogP contribution in [0, 0.1) is 31.6 Å². The van der Waals surface area contributed by atoms with Crippen LogP contribution in [-0.4, -0.2) is 11.1 Å². The monoisotopic (exact) mass is 213 g/mol. The topological polar surface area (TPSA) is 17.1 Å². The van der Waals surface area contributed by atoms with E-state index in [1.54, 1.807) is 0 Å². The van der Waals surface area contributed by atoms with Crippen LogP contribution in [0.4, 0.5) is 0 Å². The average Bonchev–Trinajstić information content (AvgIpc) is 2.52. The van der Waals surface area contributed by atoms with Crippen LogP contribution in [-0.2, 0) is 4.79 Å². The maximum atomic E-state index is 11.2. The fraction of sp³-hybridized carbons (Fsp3) is 0.333. The Bertz CT molecular complexity index is 128. The largest absolute Gasteiger partial charge is 0.299 e. The molecule has 1 fully saturated rings. The van der Waals surface area contributed by atoms with Crippen LogP contribution >= 0.6 is 15.9 Å². The standard InChI is InChI=1S/C9H10BrO/c10-7-3-6-9(11)8-4-1-2-5-8/h1-2,4-5H,3,6-7H2. The van der Waals surface area contributed by atoms with Crippen LogP contribution in [0.15, 0.2) is 0 Å². The third-order valence-corrected chi connectivity index (χ3v) is 2.08. The molecule has 0 aromatic rings. The normalized spacial score (nSPS) is 19.0. The zero-order valence-corrected chi connectivity index (χ0v) is 7.80. The van der Waals surface area contributed by atoms with E-state index < -0.39 is 0 Å². The highest BCUT2D eigenvalue weighted by Crippen LogP contribution is 2.25. The van der Waals surface area contributed by atoms with Crippen molar-refractivity contribution in [2.24, 2.45) is 0 Å². The molecule has 0 amide bonds. The molecule has 59 valence electrons. The van der Waals surface area contributed by atoms with Gasteiger partial charge in [0.05, 0.1) is 0 Å². The molecule has 0 saturated heterocycles. The Kier molecular flexibility index (Phi) is 4.13. The van der Waals surface area contributed by atoms with Crippen molar-refractivity contribution in [3.05, 3.63) is 31.6 Å². The number of alkyl halides is 1. The molecule has 1 rings (SSSR count). The van der Waals surface area contributed by atoms with Crippen LogP contribution < -0.4 is 0 Å². The molecule has 2 heteroatoms. The molecule has 11 heavy (non-hydrogen) atoms. The molecular weight excluding hydrogens is 204 g/mol. The smallest absolute Gasteiger partial charge is 0.140 e. The molecule has 1 saturated carbocycles. The molecule has 0 N–H and O–H groups in total. The summed E-state index contributed by atoms with van der Waals surface area (Å²) in [6, 6.07) is 0. The maximum Gasteiger partial charge on any atom is 0.140 e. The predicted molar refractivity (Wildman–Crippen MR) is 48.5 cm³/mol. The van der Waals surface area contributed by atoms with E-state index in [4.69, 9.17) is 0 Å². The number of carbonyl (C=O) groups is 1. The minimum Gasteiger partial charge on any atom is -0.299 e. The van der Waals surface area contributed by atoms with Gasteiger partial charge in [0.25, 0.3) is 0 Å². The van der Waals surface area contributed by atoms with E-state index in [2.05, 4.69) is 15.9 Å². The Balaban J connectivity index is 2.17. The van der Waals surface area contributed by atoms with Crippen molar-refractivity contribution < 1.29 is 4.79 Å². The summed E-state index contributed by atoms with van der Waals surface area (Å²) in [4.78, 5) is 11.2. The quantitative estimate of drug-likeness (QED) is 0.655. The Morgan fingerprint density at radius 2 is 2.00 bits per heavy atom. The van der Waals surface area contributed by atoms with Gasteiger partial charge in [-0.05, 0) is 32.1 Å². The predicted octanol–water partition coefficient (Wildman–Crippen LogP) is 2.14. The van der Waals surface area contributed by atoms with Crippen LogP contribution in [0.25, 0.3) is 0 Å². The van der Waals surface area contributed by atoms with Crippen molar-refractivity contribution in [3.8, 4) is 0 Å². The summed E-state index contributed by atoms with van der Waals surface area (Å²) in [5.74, 6) is 1.08. The first kappa shape index (κ1) is 9.24. The first-order valence-electron chi connectivity index (χ1n) is 3.65. The Labute approximate surface area is 76.7 Å². The Hall–Kier alpha value is 0.150. The van der Waals surface area contributed by atoms with Gasteiger partial charge < -0.3 is 0 Å². The fourth-order valence-electron chi connectivity index (χ4n) is 0.932. The molecule has 1 aliphatic rings. The van der Waals surface area contributed by atoms with E-state index in [1.807, 2.05) is 25.7 Å². The molecule has 0 heterocycles. The summed E-state index contributed by atoms with van der Waals surface area (Å²) in [6.45, 7) is 0. The summed E-state index contributed by atoms with van der Waals surface area (Å²) >= 11 is 3.29. The summed E-state index contributed by atoms with van der Waals surface area (Å²) in [7, 11) is 0. The van der Waals surface area contributed by atoms with E-state index in [0.717, 1.165) is 17.7 Å². The van der Waals surface area contributed by atoms with Crippen LogP contribution in [0.2, 0.25) is 0 Å². The molecule has 1 nitrogen and oxygen atoms in total. The van der Waals surface area contributed by atoms with E-state index >= 15 is 0 Å². The number of ketones is 1. The van der Waals surface area contributed by atoms with Crippen LogP contribution in [0.1, 0.15) is 12.8 Å². The number of carbonyl (C=O) groups excluding carboxylic acids is 1. The van der Waals surface area contributed by atoms with Crippen molar-refractivity contribution in [1.82, 2.24) is 0 Å². The van der Waals surface area contributed by atoms with Crippen molar-refractivity contribution in [3.63, 3.8) is 0 Å². The molecule has 0 bridgehead atoms. The van der Waals surface area contributed by atoms with Crippen molar-refractivity contribution in [2.75, 3.05) is 5.33 Å². The fourth-order valence-corrected chi connectivity index (χ4v) is 1.21. The van der Waals surface area contributed by atoms with Gasteiger partial charge in [-0.3, -0.25) is 4.79 Å². The molecule has 1 aliphatic carbocycles. The second kappa shape index (κ2) is 4.91. The molecule has 0 aromatic carbocycles.